The molecule has 0 unspecified atom stereocenters. The molecule has 3 heteroatoms. The summed E-state index contributed by atoms with van der Waals surface area (Å²) in [5.74, 6) is 0. The van der Waals surface area contributed by atoms with Crippen LogP contribution in [0.1, 0.15) is 13.8 Å². The van der Waals surface area contributed by atoms with Crippen LogP contribution in [0.15, 0.2) is 0 Å². The van der Waals surface area contributed by atoms with Gasteiger partial charge in [0.05, 0.1) is 5.54 Å². The molecule has 0 atom stereocenters. The van der Waals surface area contributed by atoms with E-state index in [4.69, 9.17) is 0 Å². The quantitative estimate of drug-likeness (QED) is 0.538. The van der Waals surface area contributed by atoms with Gasteiger partial charge in [-0.2, -0.15) is 0 Å². The Bertz CT molecular complexity index is 82.5. The van der Waals surface area contributed by atoms with Crippen LogP contribution in [0.4, 0.5) is 4.39 Å². The maximum atomic E-state index is 11.7. The van der Waals surface area contributed by atoms with Gasteiger partial charge in [-0.3, -0.25) is 4.79 Å². The number of nitrogens with one attached hydrogen (secondary N) is 1. The first kappa shape index (κ1) is 7.40. The fourth-order valence-corrected chi connectivity index (χ4v) is 0.198. The first-order chi connectivity index (χ1) is 3.62. The third kappa shape index (κ3) is 2.55. The summed E-state index contributed by atoms with van der Waals surface area (Å²) in [5, 5.41) is 2.32. The summed E-state index contributed by atoms with van der Waals surface area (Å²) in [6.07, 6.45) is 0.500. The Morgan fingerprint density at radius 1 is 1.75 bits per heavy atom. The first-order valence-corrected chi connectivity index (χ1v) is 2.40. The van der Waals surface area contributed by atoms with Gasteiger partial charge in [-0.1, -0.05) is 0 Å². The second-order valence-electron chi connectivity index (χ2n) is 2.28. The lowest BCUT2D eigenvalue weighted by Gasteiger charge is -2.18. The van der Waals surface area contributed by atoms with E-state index in [1.807, 2.05) is 0 Å². The van der Waals surface area contributed by atoms with Crippen molar-refractivity contribution in [3.63, 3.8) is 0 Å². The average Bonchev–Trinajstić information content (AvgIpc) is 1.67. The molecule has 0 fully saturated rings. The Morgan fingerprint density at radius 2 is 2.25 bits per heavy atom. The van der Waals surface area contributed by atoms with Crippen LogP contribution < -0.4 is 5.32 Å². The Balaban J connectivity index is 3.53. The van der Waals surface area contributed by atoms with Crippen LogP contribution in [0.2, 0.25) is 0 Å². The van der Waals surface area contributed by atoms with Crippen molar-refractivity contribution in [2.45, 2.75) is 19.4 Å². The lowest BCUT2D eigenvalue weighted by molar-refractivity contribution is -0.111. The molecule has 0 radical (unpaired) electrons. The van der Waals surface area contributed by atoms with Gasteiger partial charge in [-0.25, -0.2) is 4.39 Å². The molecule has 1 N–H and O–H groups in total. The van der Waals surface area contributed by atoms with Crippen molar-refractivity contribution >= 4 is 6.41 Å². The second kappa shape index (κ2) is 2.64. The van der Waals surface area contributed by atoms with Crippen LogP contribution in [-0.4, -0.2) is 18.6 Å². The van der Waals surface area contributed by atoms with E-state index in [-0.39, 0.29) is 0 Å². The number of carbonyl (C=O) groups is 1. The number of amides is 1. The monoisotopic (exact) mass is 119 g/mol. The van der Waals surface area contributed by atoms with Crippen LogP contribution in [0, 0.1) is 0 Å². The summed E-state index contributed by atoms with van der Waals surface area (Å²) in [7, 11) is 0. The number of carbonyl (C=O) groups excluding carboxylic acids is 1. The van der Waals surface area contributed by atoms with Crippen LogP contribution in [0.5, 0.6) is 0 Å². The van der Waals surface area contributed by atoms with Gasteiger partial charge in [0, 0.05) is 0 Å². The molecule has 0 rings (SSSR count). The molecule has 0 saturated carbocycles. The number of halogens is 1. The zero-order valence-corrected chi connectivity index (χ0v) is 5.07. The highest BCUT2D eigenvalue weighted by Crippen LogP contribution is 1.99. The van der Waals surface area contributed by atoms with Crippen LogP contribution in [-0.2, 0) is 4.79 Å². The molecule has 48 valence electrons. The summed E-state index contributed by atoms with van der Waals surface area (Å²) in [5.41, 5.74) is -0.693. The van der Waals surface area contributed by atoms with Gasteiger partial charge in [0.2, 0.25) is 6.41 Å². The van der Waals surface area contributed by atoms with E-state index in [0.29, 0.717) is 6.41 Å². The maximum absolute atomic E-state index is 11.7. The standard InChI is InChI=1S/C5H10FNO/c1-5(2,3-6)7-4-8/h4H,3H2,1-2H3,(H,7,8). The third-order valence-electron chi connectivity index (χ3n) is 0.784. The molecular formula is C5H10FNO. The topological polar surface area (TPSA) is 29.1 Å². The van der Waals surface area contributed by atoms with Crippen LogP contribution >= 0.6 is 0 Å². The summed E-state index contributed by atoms with van der Waals surface area (Å²) in [6, 6.07) is 0. The lowest BCUT2D eigenvalue weighted by Crippen LogP contribution is -2.40. The third-order valence-corrected chi connectivity index (χ3v) is 0.784. The molecule has 0 heterocycles. The summed E-state index contributed by atoms with van der Waals surface area (Å²) < 4.78 is 11.7. The average molecular weight is 119 g/mol. The predicted octanol–water partition coefficient (Wildman–Crippen LogP) is 0.480. The molecule has 0 aliphatic heterocycles. The van der Waals surface area contributed by atoms with Gasteiger partial charge in [-0.15, -0.1) is 0 Å². The minimum Gasteiger partial charge on any atom is -0.351 e. The summed E-state index contributed by atoms with van der Waals surface area (Å²) in [6.45, 7) is 2.69. The molecule has 0 aromatic carbocycles. The van der Waals surface area contributed by atoms with Crippen molar-refractivity contribution < 1.29 is 9.18 Å². The van der Waals surface area contributed by atoms with Crippen molar-refractivity contribution in [1.82, 2.24) is 5.32 Å². The molecule has 0 bridgehead atoms. The Labute approximate surface area is 48.1 Å². The maximum Gasteiger partial charge on any atom is 0.207 e. The van der Waals surface area contributed by atoms with Crippen molar-refractivity contribution in [2.24, 2.45) is 0 Å². The molecule has 0 aliphatic rings. The van der Waals surface area contributed by atoms with Crippen molar-refractivity contribution in [3.05, 3.63) is 0 Å². The van der Waals surface area contributed by atoms with Crippen molar-refractivity contribution in [2.75, 3.05) is 6.67 Å². The minimum atomic E-state index is -0.693. The van der Waals surface area contributed by atoms with E-state index in [0.717, 1.165) is 0 Å². The molecule has 2 nitrogen and oxygen atoms in total. The normalized spacial score (nSPS) is 10.9. The highest BCUT2D eigenvalue weighted by atomic mass is 19.1. The Kier molecular flexibility index (Phi) is 2.45. The van der Waals surface area contributed by atoms with E-state index in [1.165, 1.54) is 0 Å². The van der Waals surface area contributed by atoms with Gasteiger partial charge in [0.25, 0.3) is 0 Å². The zero-order chi connectivity index (χ0) is 6.62. The van der Waals surface area contributed by atoms with E-state index >= 15 is 0 Å². The molecule has 0 spiro atoms. The molecular weight excluding hydrogens is 109 g/mol. The van der Waals surface area contributed by atoms with Gasteiger partial charge in [-0.05, 0) is 13.8 Å². The fourth-order valence-electron chi connectivity index (χ4n) is 0.198. The number of hydrogen-bond acceptors (Lipinski definition) is 1. The Morgan fingerprint density at radius 3 is 2.38 bits per heavy atom. The summed E-state index contributed by atoms with van der Waals surface area (Å²) in [4.78, 5) is 9.70. The van der Waals surface area contributed by atoms with Gasteiger partial charge in [0.1, 0.15) is 6.67 Å². The highest BCUT2D eigenvalue weighted by Gasteiger charge is 2.14. The number of rotatable bonds is 3. The molecule has 0 aromatic rings. The fraction of sp³-hybridized carbons (Fsp3) is 0.800. The number of hydrogen-bond donors (Lipinski definition) is 1. The number of alkyl halides is 1. The second-order valence-corrected chi connectivity index (χ2v) is 2.28. The van der Waals surface area contributed by atoms with E-state index < -0.39 is 12.2 Å². The Hall–Kier alpha value is -0.600. The zero-order valence-electron chi connectivity index (χ0n) is 5.07. The van der Waals surface area contributed by atoms with Crippen molar-refractivity contribution in [3.8, 4) is 0 Å². The van der Waals surface area contributed by atoms with Crippen LogP contribution in [0.3, 0.4) is 0 Å². The smallest absolute Gasteiger partial charge is 0.207 e. The predicted molar refractivity (Wildman–Crippen MR) is 29.3 cm³/mol. The molecule has 0 aromatic heterocycles. The van der Waals surface area contributed by atoms with Gasteiger partial charge < -0.3 is 5.32 Å². The molecule has 0 saturated heterocycles. The first-order valence-electron chi connectivity index (χ1n) is 2.40. The van der Waals surface area contributed by atoms with E-state index in [9.17, 15) is 9.18 Å². The highest BCUT2D eigenvalue weighted by molar-refractivity contribution is 5.47. The largest absolute Gasteiger partial charge is 0.351 e. The summed E-state index contributed by atoms with van der Waals surface area (Å²) >= 11 is 0. The van der Waals surface area contributed by atoms with Gasteiger partial charge >= 0.3 is 0 Å². The van der Waals surface area contributed by atoms with E-state index in [2.05, 4.69) is 5.32 Å². The lowest BCUT2D eigenvalue weighted by atomic mass is 10.1. The minimum absolute atomic E-state index is 0.500. The van der Waals surface area contributed by atoms with Crippen molar-refractivity contribution in [1.29, 1.82) is 0 Å². The van der Waals surface area contributed by atoms with Gasteiger partial charge in [0.15, 0.2) is 0 Å². The van der Waals surface area contributed by atoms with Crippen LogP contribution in [0.25, 0.3) is 0 Å². The molecule has 8 heavy (non-hydrogen) atoms. The SMILES string of the molecule is CC(C)(CF)NC=O. The molecule has 0 aliphatic carbocycles. The van der Waals surface area contributed by atoms with E-state index in [1.54, 1.807) is 13.8 Å². The molecule has 1 amide bonds.